The molecule has 20 heavy (non-hydrogen) atoms. The predicted molar refractivity (Wildman–Crippen MR) is 61.2 cm³/mol. The summed E-state index contributed by atoms with van der Waals surface area (Å²) in [4.78, 5) is 23.0. The van der Waals surface area contributed by atoms with Gasteiger partial charge in [0.25, 0.3) is 5.91 Å². The smallest absolute Gasteiger partial charge is 0.356 e. The van der Waals surface area contributed by atoms with Crippen molar-refractivity contribution in [3.63, 3.8) is 0 Å². The molecule has 0 bridgehead atoms. The number of hydrogen-bond acceptors (Lipinski definition) is 3. The SMILES string of the molecule is O=C1N[C@](O)(C(F)(F)F)C(=O)N[C@H]1Cc1ccccc1. The summed E-state index contributed by atoms with van der Waals surface area (Å²) < 4.78 is 37.7. The minimum Gasteiger partial charge on any atom is -0.356 e. The van der Waals surface area contributed by atoms with Gasteiger partial charge in [0.15, 0.2) is 0 Å². The maximum absolute atomic E-state index is 12.6. The highest BCUT2D eigenvalue weighted by molar-refractivity contribution is 5.99. The molecule has 0 unspecified atom stereocenters. The van der Waals surface area contributed by atoms with Crippen molar-refractivity contribution in [1.82, 2.24) is 10.6 Å². The largest absolute Gasteiger partial charge is 0.446 e. The van der Waals surface area contributed by atoms with Gasteiger partial charge < -0.3 is 15.7 Å². The summed E-state index contributed by atoms with van der Waals surface area (Å²) in [5, 5.41) is 12.5. The van der Waals surface area contributed by atoms with Gasteiger partial charge in [-0.3, -0.25) is 9.59 Å². The molecule has 1 heterocycles. The Morgan fingerprint density at radius 2 is 1.80 bits per heavy atom. The molecule has 1 saturated heterocycles. The van der Waals surface area contributed by atoms with Gasteiger partial charge in [0.05, 0.1) is 0 Å². The fourth-order valence-electron chi connectivity index (χ4n) is 1.84. The number of benzene rings is 1. The number of nitrogens with one attached hydrogen (secondary N) is 2. The fraction of sp³-hybridized carbons (Fsp3) is 0.333. The Morgan fingerprint density at radius 3 is 2.35 bits per heavy atom. The van der Waals surface area contributed by atoms with Gasteiger partial charge in [0.2, 0.25) is 5.91 Å². The van der Waals surface area contributed by atoms with Crippen LogP contribution < -0.4 is 10.6 Å². The molecule has 1 aliphatic rings. The normalized spacial score (nSPS) is 26.9. The van der Waals surface area contributed by atoms with E-state index in [0.717, 1.165) is 0 Å². The van der Waals surface area contributed by atoms with Crippen LogP contribution in [0.25, 0.3) is 0 Å². The zero-order chi connectivity index (χ0) is 15.0. The summed E-state index contributed by atoms with van der Waals surface area (Å²) in [6.07, 6.45) is -5.25. The van der Waals surface area contributed by atoms with Crippen LogP contribution in [0, 0.1) is 0 Å². The summed E-state index contributed by atoms with van der Waals surface area (Å²) in [6, 6.07) is 7.32. The highest BCUT2D eigenvalue weighted by Gasteiger charge is 2.63. The van der Waals surface area contributed by atoms with E-state index in [0.29, 0.717) is 5.56 Å². The van der Waals surface area contributed by atoms with Crippen molar-refractivity contribution in [3.05, 3.63) is 35.9 Å². The lowest BCUT2D eigenvalue weighted by Crippen LogP contribution is -2.75. The average Bonchev–Trinajstić information content (AvgIpc) is 2.36. The Hall–Kier alpha value is -2.09. The zero-order valence-electron chi connectivity index (χ0n) is 10.1. The van der Waals surface area contributed by atoms with Crippen LogP contribution in [0.5, 0.6) is 0 Å². The molecule has 5 nitrogen and oxygen atoms in total. The molecule has 1 fully saturated rings. The highest BCUT2D eigenvalue weighted by atomic mass is 19.4. The maximum atomic E-state index is 12.6. The number of amides is 2. The number of piperazine rings is 1. The lowest BCUT2D eigenvalue weighted by molar-refractivity contribution is -0.264. The molecule has 3 N–H and O–H groups in total. The minimum absolute atomic E-state index is 0.0341. The fourth-order valence-corrected chi connectivity index (χ4v) is 1.84. The summed E-state index contributed by atoms with van der Waals surface area (Å²) in [7, 11) is 0. The number of rotatable bonds is 2. The van der Waals surface area contributed by atoms with E-state index in [2.05, 4.69) is 0 Å². The Morgan fingerprint density at radius 1 is 1.20 bits per heavy atom. The van der Waals surface area contributed by atoms with Crippen molar-refractivity contribution in [2.75, 3.05) is 0 Å². The maximum Gasteiger partial charge on any atom is 0.446 e. The molecule has 8 heteroatoms. The highest BCUT2D eigenvalue weighted by Crippen LogP contribution is 2.30. The number of carbonyl (C=O) groups is 2. The number of carbonyl (C=O) groups excluding carboxylic acids is 2. The van der Waals surface area contributed by atoms with Crippen molar-refractivity contribution in [2.24, 2.45) is 0 Å². The van der Waals surface area contributed by atoms with E-state index in [1.54, 1.807) is 30.3 Å². The van der Waals surface area contributed by atoms with Crippen LogP contribution in [0.3, 0.4) is 0 Å². The lowest BCUT2D eigenvalue weighted by Gasteiger charge is -2.36. The summed E-state index contributed by atoms with van der Waals surface area (Å²) in [5.74, 6) is -2.78. The molecule has 108 valence electrons. The van der Waals surface area contributed by atoms with Crippen LogP contribution in [0.15, 0.2) is 30.3 Å². The Kier molecular flexibility index (Phi) is 3.43. The second-order valence-electron chi connectivity index (χ2n) is 4.41. The van der Waals surface area contributed by atoms with E-state index >= 15 is 0 Å². The number of alkyl halides is 3. The Bertz CT molecular complexity index is 532. The summed E-state index contributed by atoms with van der Waals surface area (Å²) in [6.45, 7) is 0. The first-order chi connectivity index (χ1) is 9.24. The van der Waals surface area contributed by atoms with Gasteiger partial charge in [-0.1, -0.05) is 30.3 Å². The molecule has 0 aromatic heterocycles. The van der Waals surface area contributed by atoms with E-state index in [-0.39, 0.29) is 6.42 Å². The molecule has 1 aromatic carbocycles. The van der Waals surface area contributed by atoms with Gasteiger partial charge in [-0.25, -0.2) is 0 Å². The van der Waals surface area contributed by atoms with Crippen LogP contribution in [0.2, 0.25) is 0 Å². The molecule has 0 saturated carbocycles. The van der Waals surface area contributed by atoms with Gasteiger partial charge >= 0.3 is 11.9 Å². The van der Waals surface area contributed by atoms with E-state index in [1.807, 2.05) is 5.32 Å². The van der Waals surface area contributed by atoms with Gasteiger partial charge in [0, 0.05) is 6.42 Å². The Balaban J connectivity index is 2.15. The van der Waals surface area contributed by atoms with E-state index in [9.17, 15) is 27.9 Å². The first-order valence-corrected chi connectivity index (χ1v) is 5.70. The van der Waals surface area contributed by atoms with Gasteiger partial charge in [-0.05, 0) is 5.56 Å². The predicted octanol–water partition coefficient (Wildman–Crippen LogP) is 0.0946. The van der Waals surface area contributed by atoms with Crippen molar-refractivity contribution in [2.45, 2.75) is 24.4 Å². The minimum atomic E-state index is -5.29. The molecule has 1 aliphatic heterocycles. The van der Waals surface area contributed by atoms with Crippen molar-refractivity contribution < 1.29 is 27.9 Å². The molecule has 2 atom stereocenters. The summed E-state index contributed by atoms with van der Waals surface area (Å²) in [5.41, 5.74) is -3.21. The third-order valence-electron chi connectivity index (χ3n) is 2.95. The molecule has 0 spiro atoms. The molecule has 2 amide bonds. The van der Waals surface area contributed by atoms with Crippen LogP contribution >= 0.6 is 0 Å². The van der Waals surface area contributed by atoms with Crippen LogP contribution in [0.1, 0.15) is 5.56 Å². The molecule has 0 aliphatic carbocycles. The number of aliphatic hydroxyl groups is 1. The monoisotopic (exact) mass is 288 g/mol. The topological polar surface area (TPSA) is 78.4 Å². The quantitative estimate of drug-likeness (QED) is 0.722. The molecular weight excluding hydrogens is 277 g/mol. The van der Waals surface area contributed by atoms with Gasteiger partial charge in [-0.2, -0.15) is 13.2 Å². The molecule has 2 rings (SSSR count). The van der Waals surface area contributed by atoms with Crippen LogP contribution in [0.4, 0.5) is 13.2 Å². The average molecular weight is 288 g/mol. The third kappa shape index (κ3) is 2.46. The number of halogens is 3. The Labute approximate surface area is 111 Å². The molecule has 1 aromatic rings. The zero-order valence-corrected chi connectivity index (χ0v) is 10.1. The molecule has 0 radical (unpaired) electrons. The van der Waals surface area contributed by atoms with Crippen LogP contribution in [-0.2, 0) is 16.0 Å². The number of hydrogen-bond donors (Lipinski definition) is 3. The third-order valence-corrected chi connectivity index (χ3v) is 2.95. The first kappa shape index (κ1) is 14.3. The van der Waals surface area contributed by atoms with E-state index in [1.165, 1.54) is 5.32 Å². The standard InChI is InChI=1S/C12H11F3N2O3/c13-12(14,15)11(20)10(19)16-8(9(18)17-11)6-7-4-2-1-3-5-7/h1-5,8,20H,6H2,(H,16,19)(H,17,18)/t8-,11+/m0/s1. The first-order valence-electron chi connectivity index (χ1n) is 5.70. The van der Waals surface area contributed by atoms with Crippen molar-refractivity contribution >= 4 is 11.8 Å². The second-order valence-corrected chi connectivity index (χ2v) is 4.41. The van der Waals surface area contributed by atoms with E-state index < -0.39 is 29.8 Å². The van der Waals surface area contributed by atoms with Crippen molar-refractivity contribution in [3.8, 4) is 0 Å². The van der Waals surface area contributed by atoms with Crippen molar-refractivity contribution in [1.29, 1.82) is 0 Å². The second kappa shape index (κ2) is 4.78. The summed E-state index contributed by atoms with van der Waals surface area (Å²) >= 11 is 0. The van der Waals surface area contributed by atoms with E-state index in [4.69, 9.17) is 0 Å². The molecular formula is C12H11F3N2O3. The van der Waals surface area contributed by atoms with Crippen LogP contribution in [-0.4, -0.2) is 34.9 Å². The lowest BCUT2D eigenvalue weighted by atomic mass is 10.0. The van der Waals surface area contributed by atoms with Gasteiger partial charge in [0.1, 0.15) is 6.04 Å². The van der Waals surface area contributed by atoms with Gasteiger partial charge in [-0.15, -0.1) is 0 Å².